The average molecular weight is 532 g/mol. The lowest BCUT2D eigenvalue weighted by Gasteiger charge is -2.21. The van der Waals surface area contributed by atoms with E-state index in [4.69, 9.17) is 19.9 Å². The summed E-state index contributed by atoms with van der Waals surface area (Å²) < 4.78 is 16.3. The molecule has 0 bridgehead atoms. The van der Waals surface area contributed by atoms with Gasteiger partial charge in [-0.25, -0.2) is 4.98 Å². The molecule has 0 saturated carbocycles. The van der Waals surface area contributed by atoms with Crippen molar-refractivity contribution < 1.29 is 19.0 Å². The maximum atomic E-state index is 13.2. The second-order valence-corrected chi connectivity index (χ2v) is 9.41. The fraction of sp³-hybridized carbons (Fsp3) is 0.286. The third-order valence-electron chi connectivity index (χ3n) is 5.94. The van der Waals surface area contributed by atoms with E-state index in [-0.39, 0.29) is 39.5 Å². The molecule has 0 unspecified atom stereocenters. The first-order chi connectivity index (χ1) is 18.3. The van der Waals surface area contributed by atoms with Crippen LogP contribution in [0.5, 0.6) is 17.2 Å². The Bertz CT molecular complexity index is 1370. The van der Waals surface area contributed by atoms with E-state index >= 15 is 0 Å². The number of nitrogens with zero attached hydrogens (tertiary/aromatic N) is 3. The van der Waals surface area contributed by atoms with Crippen molar-refractivity contribution in [2.24, 2.45) is 0 Å². The van der Waals surface area contributed by atoms with Gasteiger partial charge in [-0.15, -0.1) is 0 Å². The van der Waals surface area contributed by atoms with Crippen LogP contribution in [0.3, 0.4) is 0 Å². The molecule has 0 radical (unpaired) electrons. The van der Waals surface area contributed by atoms with Crippen LogP contribution in [-0.2, 0) is 4.79 Å². The summed E-state index contributed by atoms with van der Waals surface area (Å²) in [7, 11) is 4.43. The predicted molar refractivity (Wildman–Crippen MR) is 146 cm³/mol. The first kappa shape index (κ1) is 28.2. The molecule has 0 saturated heterocycles. The fourth-order valence-corrected chi connectivity index (χ4v) is 5.01. The number of benzene rings is 2. The number of anilines is 1. The maximum Gasteiger partial charge on any atom is 0.234 e. The molecule has 0 aliphatic heterocycles. The number of amides is 1. The van der Waals surface area contributed by atoms with Crippen molar-refractivity contribution in [1.29, 1.82) is 10.5 Å². The number of aromatic nitrogens is 1. The third kappa shape index (κ3) is 5.77. The minimum atomic E-state index is -0.555. The molecular formula is C28H29N5O4S. The largest absolute Gasteiger partial charge is 0.493 e. The lowest BCUT2D eigenvalue weighted by Crippen LogP contribution is -2.34. The normalized spacial score (nSPS) is 12.0. The van der Waals surface area contributed by atoms with Crippen molar-refractivity contribution in [3.8, 4) is 40.5 Å². The summed E-state index contributed by atoms with van der Waals surface area (Å²) in [5, 5.41) is 22.8. The second-order valence-electron chi connectivity index (χ2n) is 8.22. The monoisotopic (exact) mass is 531 g/mol. The zero-order valence-electron chi connectivity index (χ0n) is 21.9. The van der Waals surface area contributed by atoms with Gasteiger partial charge >= 0.3 is 0 Å². The number of rotatable bonds is 10. The van der Waals surface area contributed by atoms with Gasteiger partial charge in [0.05, 0.1) is 38.2 Å². The van der Waals surface area contributed by atoms with E-state index in [2.05, 4.69) is 22.4 Å². The molecule has 1 aromatic heterocycles. The highest BCUT2D eigenvalue weighted by Gasteiger charge is 2.27. The second kappa shape index (κ2) is 12.7. The maximum absolute atomic E-state index is 13.2. The van der Waals surface area contributed by atoms with Gasteiger partial charge in [-0.2, -0.15) is 10.5 Å². The molecule has 3 rings (SSSR count). The Labute approximate surface area is 226 Å². The molecule has 9 nitrogen and oxygen atoms in total. The average Bonchev–Trinajstić information content (AvgIpc) is 2.94. The van der Waals surface area contributed by atoms with Crippen molar-refractivity contribution in [3.63, 3.8) is 0 Å². The highest BCUT2D eigenvalue weighted by Crippen LogP contribution is 2.44. The summed E-state index contributed by atoms with van der Waals surface area (Å²) >= 11 is 1.13. The van der Waals surface area contributed by atoms with Gasteiger partial charge in [-0.3, -0.25) is 4.79 Å². The molecular weight excluding hydrogens is 502 g/mol. The molecule has 1 heterocycles. The zero-order valence-corrected chi connectivity index (χ0v) is 22.7. The van der Waals surface area contributed by atoms with Crippen LogP contribution in [-0.4, -0.2) is 37.5 Å². The Balaban J connectivity index is 2.08. The van der Waals surface area contributed by atoms with E-state index in [1.807, 2.05) is 44.2 Å². The number of thioether (sulfide) groups is 1. The lowest BCUT2D eigenvalue weighted by molar-refractivity contribution is -0.121. The highest BCUT2D eigenvalue weighted by molar-refractivity contribution is 8.00. The number of nitriles is 2. The summed E-state index contributed by atoms with van der Waals surface area (Å²) in [5.74, 6) is 0.810. The van der Waals surface area contributed by atoms with Gasteiger partial charge in [-0.05, 0) is 36.6 Å². The van der Waals surface area contributed by atoms with Crippen molar-refractivity contribution in [1.82, 2.24) is 10.3 Å². The predicted octanol–water partition coefficient (Wildman–Crippen LogP) is 4.85. The number of carbonyl (C=O) groups is 1. The quantitative estimate of drug-likeness (QED) is 0.351. The Morgan fingerprint density at radius 3 is 2.16 bits per heavy atom. The van der Waals surface area contributed by atoms with Gasteiger partial charge in [0.25, 0.3) is 0 Å². The highest BCUT2D eigenvalue weighted by atomic mass is 32.2. The Kier molecular flexibility index (Phi) is 9.42. The van der Waals surface area contributed by atoms with Crippen molar-refractivity contribution >= 4 is 23.5 Å². The smallest absolute Gasteiger partial charge is 0.234 e. The van der Waals surface area contributed by atoms with Gasteiger partial charge in [0.2, 0.25) is 11.7 Å². The number of pyridine rings is 1. The Morgan fingerprint density at radius 1 is 1.05 bits per heavy atom. The molecule has 2 atom stereocenters. The molecule has 1 amide bonds. The SMILES string of the molecule is CC[C@@H](Sc1nc(N)c(C#N)c(-c2cc(OC)c(OC)c(OC)c2)c1C#N)C(=O)N[C@@H](C)c1ccccc1. The molecule has 3 N–H and O–H groups in total. The van der Waals surface area contributed by atoms with Crippen LogP contribution < -0.4 is 25.3 Å². The van der Waals surface area contributed by atoms with Crippen molar-refractivity contribution in [2.75, 3.05) is 27.1 Å². The van der Waals surface area contributed by atoms with Crippen LogP contribution >= 0.6 is 11.8 Å². The molecule has 0 aliphatic rings. The summed E-state index contributed by atoms with van der Waals surface area (Å²) in [6.07, 6.45) is 0.476. The van der Waals surface area contributed by atoms with Gasteiger partial charge < -0.3 is 25.3 Å². The van der Waals surface area contributed by atoms with Crippen LogP contribution in [0.2, 0.25) is 0 Å². The summed E-state index contributed by atoms with van der Waals surface area (Å²) in [5.41, 5.74) is 8.06. The number of nitrogens with two attached hydrogens (primary N) is 1. The summed E-state index contributed by atoms with van der Waals surface area (Å²) in [6, 6.07) is 16.9. The molecule has 10 heteroatoms. The number of methoxy groups -OCH3 is 3. The number of ether oxygens (including phenoxy) is 3. The van der Waals surface area contributed by atoms with E-state index in [9.17, 15) is 15.3 Å². The molecule has 0 fully saturated rings. The first-order valence-corrected chi connectivity index (χ1v) is 12.7. The minimum absolute atomic E-state index is 0.0374. The molecule has 0 spiro atoms. The number of carbonyl (C=O) groups excluding carboxylic acids is 1. The third-order valence-corrected chi connectivity index (χ3v) is 7.30. The van der Waals surface area contributed by atoms with Gasteiger partial charge in [0.1, 0.15) is 28.5 Å². The molecule has 38 heavy (non-hydrogen) atoms. The molecule has 0 aliphatic carbocycles. The van der Waals surface area contributed by atoms with Gasteiger partial charge in [-0.1, -0.05) is 49.0 Å². The standard InChI is InChI=1S/C28H29N5O4S/c1-6-23(27(34)32-16(2)17-10-8-7-9-11-17)38-28-20(15-30)24(19(14-29)26(31)33-28)18-12-21(35-3)25(37-5)22(13-18)36-4/h7-13,16,23H,6H2,1-5H3,(H2,31,33)(H,32,34)/t16-,23+/m0/s1. The number of nitrogens with one attached hydrogen (secondary N) is 1. The Hall–Kier alpha value is -4.41. The molecule has 2 aromatic carbocycles. The van der Waals surface area contributed by atoms with E-state index in [0.717, 1.165) is 17.3 Å². The first-order valence-electron chi connectivity index (χ1n) is 11.8. The van der Waals surface area contributed by atoms with E-state index in [1.165, 1.54) is 21.3 Å². The summed E-state index contributed by atoms with van der Waals surface area (Å²) in [4.78, 5) is 17.5. The van der Waals surface area contributed by atoms with E-state index < -0.39 is 5.25 Å². The fourth-order valence-electron chi connectivity index (χ4n) is 3.99. The molecule has 196 valence electrons. The topological polar surface area (TPSA) is 143 Å². The minimum Gasteiger partial charge on any atom is -0.493 e. The van der Waals surface area contributed by atoms with Crippen LogP contribution in [0.25, 0.3) is 11.1 Å². The number of nitrogen functional groups attached to an aromatic ring is 1. The lowest BCUT2D eigenvalue weighted by atomic mass is 9.96. The number of hydrogen-bond acceptors (Lipinski definition) is 9. The van der Waals surface area contributed by atoms with Crippen LogP contribution in [0, 0.1) is 22.7 Å². The molecule has 3 aromatic rings. The van der Waals surface area contributed by atoms with Gasteiger partial charge in [0, 0.05) is 5.56 Å². The van der Waals surface area contributed by atoms with E-state index in [0.29, 0.717) is 29.2 Å². The van der Waals surface area contributed by atoms with Crippen LogP contribution in [0.15, 0.2) is 47.5 Å². The van der Waals surface area contributed by atoms with E-state index in [1.54, 1.807) is 12.1 Å². The van der Waals surface area contributed by atoms with Crippen LogP contribution in [0.1, 0.15) is 43.0 Å². The van der Waals surface area contributed by atoms with Crippen LogP contribution in [0.4, 0.5) is 5.82 Å². The zero-order chi connectivity index (χ0) is 27.8. The van der Waals surface area contributed by atoms with Crippen molar-refractivity contribution in [3.05, 3.63) is 59.2 Å². The Morgan fingerprint density at radius 2 is 1.66 bits per heavy atom. The number of hydrogen-bond donors (Lipinski definition) is 2. The van der Waals surface area contributed by atoms with Gasteiger partial charge in [0.15, 0.2) is 11.5 Å². The summed E-state index contributed by atoms with van der Waals surface area (Å²) in [6.45, 7) is 3.79. The van der Waals surface area contributed by atoms with Crippen molar-refractivity contribution in [2.45, 2.75) is 36.6 Å².